The van der Waals surface area contributed by atoms with Gasteiger partial charge in [-0.2, -0.15) is 0 Å². The van der Waals surface area contributed by atoms with Crippen molar-refractivity contribution in [1.82, 2.24) is 0 Å². The Morgan fingerprint density at radius 2 is 2.17 bits per heavy atom. The first kappa shape index (κ1) is 9.24. The maximum atomic E-state index is 13.1. The van der Waals surface area contributed by atoms with Gasteiger partial charge in [-0.15, -0.1) is 0 Å². The highest BCUT2D eigenvalue weighted by Crippen LogP contribution is 2.12. The van der Waals surface area contributed by atoms with Crippen molar-refractivity contribution in [3.8, 4) is 0 Å². The molecule has 65 valence electrons. The molecule has 1 rings (SSSR count). The lowest BCUT2D eigenvalue weighted by molar-refractivity contribution is 0.607. The normalized spacial score (nSPS) is 10.2. The molecule has 12 heavy (non-hydrogen) atoms. The summed E-state index contributed by atoms with van der Waals surface area (Å²) in [4.78, 5) is 0. The van der Waals surface area contributed by atoms with Crippen molar-refractivity contribution >= 4 is 0 Å². The molecule has 1 aromatic carbocycles. The van der Waals surface area contributed by atoms with Crippen molar-refractivity contribution in [2.24, 2.45) is 0 Å². The summed E-state index contributed by atoms with van der Waals surface area (Å²) in [5.41, 5.74) is 1.95. The summed E-state index contributed by atoms with van der Waals surface area (Å²) in [6.45, 7) is 3.98. The van der Waals surface area contributed by atoms with E-state index in [-0.39, 0.29) is 5.82 Å². The van der Waals surface area contributed by atoms with Gasteiger partial charge >= 0.3 is 0 Å². The van der Waals surface area contributed by atoms with Crippen molar-refractivity contribution in [1.29, 1.82) is 0 Å². The molecule has 1 heteroatoms. The van der Waals surface area contributed by atoms with Gasteiger partial charge in [-0.1, -0.05) is 24.6 Å². The number of benzene rings is 1. The Hall–Kier alpha value is -0.850. The van der Waals surface area contributed by atoms with Gasteiger partial charge in [0.1, 0.15) is 5.82 Å². The van der Waals surface area contributed by atoms with E-state index >= 15 is 0 Å². The highest BCUT2D eigenvalue weighted by Gasteiger charge is 2.00. The minimum atomic E-state index is -0.0811. The molecular formula is C11H14F. The van der Waals surface area contributed by atoms with Gasteiger partial charge < -0.3 is 0 Å². The Morgan fingerprint density at radius 1 is 1.42 bits per heavy atom. The van der Waals surface area contributed by atoms with Crippen molar-refractivity contribution in [3.05, 3.63) is 41.6 Å². The molecule has 0 fully saturated rings. The molecule has 0 aliphatic carbocycles. The van der Waals surface area contributed by atoms with Crippen LogP contribution in [0.15, 0.2) is 18.2 Å². The van der Waals surface area contributed by atoms with E-state index in [0.717, 1.165) is 24.0 Å². The van der Waals surface area contributed by atoms with Crippen LogP contribution in [0.1, 0.15) is 24.5 Å². The molecule has 0 unspecified atom stereocenters. The lowest BCUT2D eigenvalue weighted by Gasteiger charge is -2.02. The molecule has 0 bridgehead atoms. The molecule has 1 aromatic rings. The molecular weight excluding hydrogens is 151 g/mol. The van der Waals surface area contributed by atoms with Crippen molar-refractivity contribution < 1.29 is 4.39 Å². The highest BCUT2D eigenvalue weighted by molar-refractivity contribution is 5.24. The zero-order chi connectivity index (χ0) is 8.97. The maximum absolute atomic E-state index is 13.1. The average molecular weight is 165 g/mol. The zero-order valence-electron chi connectivity index (χ0n) is 7.60. The molecule has 0 N–H and O–H groups in total. The van der Waals surface area contributed by atoms with E-state index in [1.165, 1.54) is 0 Å². The molecule has 0 aliphatic heterocycles. The van der Waals surface area contributed by atoms with Crippen LogP contribution in [-0.4, -0.2) is 0 Å². The summed E-state index contributed by atoms with van der Waals surface area (Å²) in [5.74, 6) is -0.0811. The van der Waals surface area contributed by atoms with Gasteiger partial charge in [0, 0.05) is 0 Å². The van der Waals surface area contributed by atoms with Gasteiger partial charge in [-0.25, -0.2) is 4.39 Å². The number of hydrogen-bond acceptors (Lipinski definition) is 0. The monoisotopic (exact) mass is 165 g/mol. The second-order valence-corrected chi connectivity index (χ2v) is 3.04. The quantitative estimate of drug-likeness (QED) is 0.644. The first-order chi connectivity index (χ1) is 5.74. The van der Waals surface area contributed by atoms with Crippen LogP contribution >= 0.6 is 0 Å². The van der Waals surface area contributed by atoms with Crippen LogP contribution in [0.3, 0.4) is 0 Å². The predicted octanol–water partition coefficient (Wildman–Crippen LogP) is 3.29. The van der Waals surface area contributed by atoms with Gasteiger partial charge in [-0.3, -0.25) is 0 Å². The molecule has 0 saturated heterocycles. The Labute approximate surface area is 73.4 Å². The fraction of sp³-hybridized carbons (Fsp3) is 0.364. The number of aryl methyl sites for hydroxylation is 2. The topological polar surface area (TPSA) is 0 Å². The van der Waals surface area contributed by atoms with E-state index in [1.807, 2.05) is 19.9 Å². The van der Waals surface area contributed by atoms with Crippen molar-refractivity contribution in [2.75, 3.05) is 0 Å². The van der Waals surface area contributed by atoms with Crippen LogP contribution < -0.4 is 0 Å². The fourth-order valence-electron chi connectivity index (χ4n) is 1.19. The summed E-state index contributed by atoms with van der Waals surface area (Å²) in [5, 5.41) is 0. The van der Waals surface area contributed by atoms with Gasteiger partial charge in [-0.05, 0) is 37.8 Å². The van der Waals surface area contributed by atoms with Gasteiger partial charge in [0.2, 0.25) is 0 Å². The van der Waals surface area contributed by atoms with Crippen molar-refractivity contribution in [2.45, 2.75) is 26.7 Å². The Kier molecular flexibility index (Phi) is 3.27. The second kappa shape index (κ2) is 4.24. The predicted molar refractivity (Wildman–Crippen MR) is 49.4 cm³/mol. The lowest BCUT2D eigenvalue weighted by atomic mass is 10.1. The van der Waals surface area contributed by atoms with Crippen LogP contribution in [0, 0.1) is 19.2 Å². The van der Waals surface area contributed by atoms with E-state index in [0.29, 0.717) is 0 Å². The van der Waals surface area contributed by atoms with E-state index < -0.39 is 0 Å². The third kappa shape index (κ3) is 2.33. The molecule has 0 atom stereocenters. The molecule has 0 aromatic heterocycles. The van der Waals surface area contributed by atoms with E-state index in [2.05, 4.69) is 6.42 Å². The molecule has 0 heterocycles. The summed E-state index contributed by atoms with van der Waals surface area (Å²) in [6, 6.07) is 5.26. The molecule has 0 nitrogen and oxygen atoms in total. The minimum Gasteiger partial charge on any atom is -0.207 e. The van der Waals surface area contributed by atoms with E-state index in [4.69, 9.17) is 0 Å². The first-order valence-corrected chi connectivity index (χ1v) is 4.27. The summed E-state index contributed by atoms with van der Waals surface area (Å²) in [7, 11) is 0. The molecule has 1 radical (unpaired) electrons. The minimum absolute atomic E-state index is 0.0811. The zero-order valence-corrected chi connectivity index (χ0v) is 7.60. The number of hydrogen-bond donors (Lipinski definition) is 0. The van der Waals surface area contributed by atoms with Crippen LogP contribution in [0.5, 0.6) is 0 Å². The van der Waals surface area contributed by atoms with Gasteiger partial charge in [0.05, 0.1) is 0 Å². The highest BCUT2D eigenvalue weighted by atomic mass is 19.1. The van der Waals surface area contributed by atoms with Gasteiger partial charge in [0.15, 0.2) is 0 Å². The standard InChI is InChI=1S/C11H14F/c1-3-4-5-10-8-9(2)6-7-11(10)12/h3,6-8H,4-5H2,1-2H3. The second-order valence-electron chi connectivity index (χ2n) is 3.04. The van der Waals surface area contributed by atoms with E-state index in [9.17, 15) is 4.39 Å². The molecule has 0 amide bonds. The Balaban J connectivity index is 2.75. The smallest absolute Gasteiger partial charge is 0.126 e. The van der Waals surface area contributed by atoms with Crippen LogP contribution in [-0.2, 0) is 6.42 Å². The van der Waals surface area contributed by atoms with Crippen molar-refractivity contribution in [3.63, 3.8) is 0 Å². The van der Waals surface area contributed by atoms with Crippen LogP contribution in [0.25, 0.3) is 0 Å². The van der Waals surface area contributed by atoms with Crippen LogP contribution in [0.4, 0.5) is 4.39 Å². The molecule has 0 spiro atoms. The number of rotatable bonds is 3. The number of unbranched alkanes of at least 4 members (excludes halogenated alkanes) is 1. The molecule has 0 saturated carbocycles. The number of halogens is 1. The Bertz CT molecular complexity index is 253. The lowest BCUT2D eigenvalue weighted by Crippen LogP contribution is -1.91. The summed E-state index contributed by atoms with van der Waals surface area (Å²) < 4.78 is 13.1. The first-order valence-electron chi connectivity index (χ1n) is 4.27. The molecule has 0 aliphatic rings. The average Bonchev–Trinajstić information content (AvgIpc) is 2.07. The largest absolute Gasteiger partial charge is 0.207 e. The third-order valence-corrected chi connectivity index (χ3v) is 1.90. The fourth-order valence-corrected chi connectivity index (χ4v) is 1.19. The third-order valence-electron chi connectivity index (χ3n) is 1.90. The summed E-state index contributed by atoms with van der Waals surface area (Å²) in [6.07, 6.45) is 3.81. The SMILES string of the molecule is C[CH]CCc1cc(C)ccc1F. The van der Waals surface area contributed by atoms with E-state index in [1.54, 1.807) is 12.1 Å². The maximum Gasteiger partial charge on any atom is 0.126 e. The van der Waals surface area contributed by atoms with Crippen LogP contribution in [0.2, 0.25) is 0 Å². The van der Waals surface area contributed by atoms with Gasteiger partial charge in [0.25, 0.3) is 0 Å². The summed E-state index contributed by atoms with van der Waals surface area (Å²) >= 11 is 0. The Morgan fingerprint density at radius 3 is 2.83 bits per heavy atom.